The minimum Gasteiger partial charge on any atom is -0.344 e. The standard InChI is InChI=1S/C10H11ClN10/c1-6(7-19-13-5-20(7)2)15-9-16-8(11)17-10(18-9)21-4-12-3-14-21/h3-6H,1-2H3,(H,15,16,17,18). The first-order valence-electron chi connectivity index (χ1n) is 6.00. The molecule has 0 spiro atoms. The zero-order valence-electron chi connectivity index (χ0n) is 11.2. The van der Waals surface area contributed by atoms with E-state index in [9.17, 15) is 0 Å². The topological polar surface area (TPSA) is 112 Å². The van der Waals surface area contributed by atoms with Crippen molar-refractivity contribution >= 4 is 17.5 Å². The van der Waals surface area contributed by atoms with E-state index in [2.05, 4.69) is 40.5 Å². The molecule has 0 aliphatic carbocycles. The number of nitrogens with zero attached hydrogens (tertiary/aromatic N) is 9. The average Bonchev–Trinajstić information content (AvgIpc) is 3.08. The highest BCUT2D eigenvalue weighted by Gasteiger charge is 2.14. The van der Waals surface area contributed by atoms with Crippen LogP contribution in [-0.2, 0) is 7.05 Å². The van der Waals surface area contributed by atoms with Gasteiger partial charge in [-0.15, -0.1) is 10.2 Å². The Morgan fingerprint density at radius 1 is 1.24 bits per heavy atom. The van der Waals surface area contributed by atoms with Crippen LogP contribution in [0.3, 0.4) is 0 Å². The lowest BCUT2D eigenvalue weighted by Gasteiger charge is -2.13. The molecular weight excluding hydrogens is 296 g/mol. The molecule has 0 radical (unpaired) electrons. The lowest BCUT2D eigenvalue weighted by molar-refractivity contribution is 0.707. The van der Waals surface area contributed by atoms with E-state index in [-0.39, 0.29) is 17.3 Å². The summed E-state index contributed by atoms with van der Waals surface area (Å²) in [6.07, 6.45) is 4.48. The van der Waals surface area contributed by atoms with E-state index in [1.807, 2.05) is 14.0 Å². The summed E-state index contributed by atoms with van der Waals surface area (Å²) in [5, 5.41) is 15.0. The average molecular weight is 307 g/mol. The molecule has 3 heterocycles. The Balaban J connectivity index is 1.87. The molecule has 3 aromatic heterocycles. The number of rotatable bonds is 4. The van der Waals surface area contributed by atoms with Gasteiger partial charge in [-0.25, -0.2) is 4.98 Å². The molecule has 1 N–H and O–H groups in total. The Hall–Kier alpha value is -2.62. The van der Waals surface area contributed by atoms with Crippen LogP contribution in [0.15, 0.2) is 19.0 Å². The minimum atomic E-state index is -0.153. The van der Waals surface area contributed by atoms with Crippen LogP contribution >= 0.6 is 11.6 Å². The molecule has 0 bridgehead atoms. The minimum absolute atomic E-state index is 0.0585. The van der Waals surface area contributed by atoms with Gasteiger partial charge >= 0.3 is 0 Å². The fourth-order valence-electron chi connectivity index (χ4n) is 1.76. The third-order valence-corrected chi connectivity index (χ3v) is 2.87. The molecule has 0 saturated heterocycles. The molecule has 0 fully saturated rings. The van der Waals surface area contributed by atoms with Crippen molar-refractivity contribution in [3.05, 3.63) is 30.1 Å². The second-order valence-corrected chi connectivity index (χ2v) is 4.57. The quantitative estimate of drug-likeness (QED) is 0.737. The van der Waals surface area contributed by atoms with Gasteiger partial charge < -0.3 is 9.88 Å². The Morgan fingerprint density at radius 2 is 2.10 bits per heavy atom. The zero-order chi connectivity index (χ0) is 14.8. The monoisotopic (exact) mass is 306 g/mol. The molecule has 0 aliphatic rings. The third kappa shape index (κ3) is 2.79. The van der Waals surface area contributed by atoms with E-state index in [0.29, 0.717) is 5.95 Å². The van der Waals surface area contributed by atoms with E-state index in [0.717, 1.165) is 5.82 Å². The SMILES string of the molecule is CC(Nc1nc(Cl)nc(-n2cncn2)n1)c1nncn1C. The normalized spacial score (nSPS) is 12.3. The zero-order valence-corrected chi connectivity index (χ0v) is 12.0. The maximum atomic E-state index is 5.91. The molecule has 0 aliphatic heterocycles. The van der Waals surface area contributed by atoms with Crippen LogP contribution in [0, 0.1) is 0 Å². The van der Waals surface area contributed by atoms with Crippen molar-refractivity contribution in [2.24, 2.45) is 7.05 Å². The summed E-state index contributed by atoms with van der Waals surface area (Å²) < 4.78 is 3.20. The highest BCUT2D eigenvalue weighted by Crippen LogP contribution is 2.15. The predicted octanol–water partition coefficient (Wildman–Crippen LogP) is 0.407. The van der Waals surface area contributed by atoms with Gasteiger partial charge in [-0.1, -0.05) is 0 Å². The Kier molecular flexibility index (Phi) is 3.44. The maximum Gasteiger partial charge on any atom is 0.258 e. The molecule has 1 unspecified atom stereocenters. The number of aryl methyl sites for hydroxylation is 1. The molecular formula is C10H11ClN10. The van der Waals surface area contributed by atoms with E-state index in [1.165, 1.54) is 17.3 Å². The van der Waals surface area contributed by atoms with Crippen LogP contribution in [0.4, 0.5) is 5.95 Å². The highest BCUT2D eigenvalue weighted by molar-refractivity contribution is 6.28. The molecule has 21 heavy (non-hydrogen) atoms. The van der Waals surface area contributed by atoms with Crippen molar-refractivity contribution in [3.63, 3.8) is 0 Å². The largest absolute Gasteiger partial charge is 0.344 e. The highest BCUT2D eigenvalue weighted by atomic mass is 35.5. The van der Waals surface area contributed by atoms with Crippen molar-refractivity contribution in [2.75, 3.05) is 5.32 Å². The first kappa shape index (κ1) is 13.4. The van der Waals surface area contributed by atoms with E-state index < -0.39 is 0 Å². The van der Waals surface area contributed by atoms with Gasteiger partial charge in [-0.3, -0.25) is 0 Å². The van der Waals surface area contributed by atoms with Gasteiger partial charge in [0.05, 0.1) is 6.04 Å². The first-order valence-corrected chi connectivity index (χ1v) is 6.38. The van der Waals surface area contributed by atoms with Crippen molar-refractivity contribution in [2.45, 2.75) is 13.0 Å². The van der Waals surface area contributed by atoms with Gasteiger partial charge in [0.1, 0.15) is 19.0 Å². The first-order chi connectivity index (χ1) is 10.1. The predicted molar refractivity (Wildman–Crippen MR) is 72.8 cm³/mol. The number of halogens is 1. The number of anilines is 1. The van der Waals surface area contributed by atoms with Crippen LogP contribution < -0.4 is 5.32 Å². The van der Waals surface area contributed by atoms with E-state index in [4.69, 9.17) is 11.6 Å². The molecule has 3 aromatic rings. The van der Waals surface area contributed by atoms with Crippen LogP contribution in [-0.4, -0.2) is 44.5 Å². The molecule has 1 atom stereocenters. The summed E-state index contributed by atoms with van der Waals surface area (Å²) in [4.78, 5) is 16.1. The molecule has 0 aromatic carbocycles. The van der Waals surface area contributed by atoms with Gasteiger partial charge in [-0.05, 0) is 18.5 Å². The summed E-state index contributed by atoms with van der Waals surface area (Å²) in [6, 6.07) is -0.153. The maximum absolute atomic E-state index is 5.91. The van der Waals surface area contributed by atoms with Crippen molar-refractivity contribution in [1.29, 1.82) is 0 Å². The van der Waals surface area contributed by atoms with Crippen molar-refractivity contribution in [1.82, 2.24) is 44.5 Å². The molecule has 0 amide bonds. The second-order valence-electron chi connectivity index (χ2n) is 4.23. The number of aromatic nitrogens is 9. The van der Waals surface area contributed by atoms with Crippen LogP contribution in [0.5, 0.6) is 0 Å². The lowest BCUT2D eigenvalue weighted by Crippen LogP contribution is -2.15. The molecule has 108 valence electrons. The fourth-order valence-corrected chi connectivity index (χ4v) is 1.92. The van der Waals surface area contributed by atoms with Gasteiger partial charge in [0.2, 0.25) is 11.2 Å². The molecule has 11 heteroatoms. The lowest BCUT2D eigenvalue weighted by atomic mass is 10.3. The van der Waals surface area contributed by atoms with Gasteiger partial charge in [0, 0.05) is 7.05 Å². The number of hydrogen-bond acceptors (Lipinski definition) is 8. The van der Waals surface area contributed by atoms with Gasteiger partial charge in [0.15, 0.2) is 5.82 Å². The van der Waals surface area contributed by atoms with Crippen LogP contribution in [0.25, 0.3) is 5.95 Å². The summed E-state index contributed by atoms with van der Waals surface area (Å²) >= 11 is 5.91. The van der Waals surface area contributed by atoms with Crippen LogP contribution in [0.2, 0.25) is 5.28 Å². The van der Waals surface area contributed by atoms with E-state index in [1.54, 1.807) is 10.9 Å². The molecule has 0 saturated carbocycles. The molecule has 3 rings (SSSR count). The van der Waals surface area contributed by atoms with Crippen molar-refractivity contribution in [3.8, 4) is 5.95 Å². The van der Waals surface area contributed by atoms with E-state index >= 15 is 0 Å². The van der Waals surface area contributed by atoms with Gasteiger partial charge in [0.25, 0.3) is 5.95 Å². The van der Waals surface area contributed by atoms with Gasteiger partial charge in [-0.2, -0.15) is 24.7 Å². The Morgan fingerprint density at radius 3 is 2.76 bits per heavy atom. The van der Waals surface area contributed by atoms with Crippen LogP contribution in [0.1, 0.15) is 18.8 Å². The fraction of sp³-hybridized carbons (Fsp3) is 0.300. The number of hydrogen-bond donors (Lipinski definition) is 1. The summed E-state index contributed by atoms with van der Waals surface area (Å²) in [5.41, 5.74) is 0. The number of nitrogens with one attached hydrogen (secondary N) is 1. The summed E-state index contributed by atoms with van der Waals surface area (Å²) in [7, 11) is 1.86. The third-order valence-electron chi connectivity index (χ3n) is 2.70. The molecule has 10 nitrogen and oxygen atoms in total. The van der Waals surface area contributed by atoms with Crippen molar-refractivity contribution < 1.29 is 0 Å². The second kappa shape index (κ2) is 5.40. The Labute approximate surface area is 124 Å². The smallest absolute Gasteiger partial charge is 0.258 e. The summed E-state index contributed by atoms with van der Waals surface area (Å²) in [6.45, 7) is 1.91. The Bertz CT molecular complexity index is 736. The summed E-state index contributed by atoms with van der Waals surface area (Å²) in [5.74, 6) is 1.34.